The van der Waals surface area contributed by atoms with Crippen molar-refractivity contribution in [1.29, 1.82) is 10.9 Å². The van der Waals surface area contributed by atoms with E-state index in [0.29, 0.717) is 16.5 Å². The van der Waals surface area contributed by atoms with Crippen LogP contribution in [0.1, 0.15) is 16.7 Å². The molecule has 35 heavy (non-hydrogen) atoms. The van der Waals surface area contributed by atoms with Crippen LogP contribution in [0.25, 0.3) is 17.0 Å². The second-order valence-electron chi connectivity index (χ2n) is 7.69. The molecule has 13 heteroatoms. The Morgan fingerprint density at radius 1 is 1.29 bits per heavy atom. The van der Waals surface area contributed by atoms with Crippen molar-refractivity contribution in [3.63, 3.8) is 0 Å². The van der Waals surface area contributed by atoms with Gasteiger partial charge in [-0.1, -0.05) is 35.5 Å². The van der Waals surface area contributed by atoms with Crippen molar-refractivity contribution in [1.82, 2.24) is 14.7 Å². The molecule has 1 fully saturated rings. The highest BCUT2D eigenvalue weighted by Gasteiger charge is 2.36. The molecule has 2 atom stereocenters. The summed E-state index contributed by atoms with van der Waals surface area (Å²) in [7, 11) is 0. The lowest BCUT2D eigenvalue weighted by Crippen LogP contribution is -2.38. The van der Waals surface area contributed by atoms with Crippen LogP contribution in [-0.2, 0) is 17.5 Å². The number of carbonyl (C=O) groups excluding carboxylic acids is 1. The number of thioether (sulfide) groups is 1. The lowest BCUT2D eigenvalue weighted by Gasteiger charge is -2.20. The van der Waals surface area contributed by atoms with E-state index in [0.717, 1.165) is 28.9 Å². The second kappa shape index (κ2) is 9.80. The van der Waals surface area contributed by atoms with Crippen molar-refractivity contribution in [2.45, 2.75) is 24.3 Å². The van der Waals surface area contributed by atoms with Crippen molar-refractivity contribution < 1.29 is 23.1 Å². The van der Waals surface area contributed by atoms with Crippen molar-refractivity contribution >= 4 is 52.5 Å². The number of aromatic nitrogens is 2. The maximum atomic E-state index is 13.4. The molecule has 0 spiro atoms. The van der Waals surface area contributed by atoms with Crippen molar-refractivity contribution in [3.05, 3.63) is 69.2 Å². The van der Waals surface area contributed by atoms with Gasteiger partial charge in [0.05, 0.1) is 35.3 Å². The molecule has 4 rings (SSSR count). The van der Waals surface area contributed by atoms with Gasteiger partial charge in [0.2, 0.25) is 0 Å². The highest BCUT2D eigenvalue weighted by Crippen LogP contribution is 2.36. The first kappa shape index (κ1) is 24.9. The molecule has 2 aromatic carbocycles. The van der Waals surface area contributed by atoms with Crippen molar-refractivity contribution in [2.24, 2.45) is 5.11 Å². The number of aliphatic hydroxyl groups excluding tert-OH is 1. The molecule has 1 amide bonds. The predicted molar refractivity (Wildman–Crippen MR) is 126 cm³/mol. The zero-order valence-electron chi connectivity index (χ0n) is 17.8. The molecule has 8 nitrogen and oxygen atoms in total. The second-order valence-corrected chi connectivity index (χ2v) is 9.23. The first-order valence-electron chi connectivity index (χ1n) is 10.2. The third-order valence-corrected chi connectivity index (χ3v) is 6.62. The minimum absolute atomic E-state index is 0.00507. The minimum Gasteiger partial charge on any atom is -0.364 e. The summed E-state index contributed by atoms with van der Waals surface area (Å²) >= 11 is 6.69. The van der Waals surface area contributed by atoms with E-state index in [1.165, 1.54) is 23.0 Å². The Kier molecular flexibility index (Phi) is 6.97. The van der Waals surface area contributed by atoms with Gasteiger partial charge in [-0.15, -0.1) is 0 Å². The smallest absolute Gasteiger partial charge is 0.364 e. The number of carbonyl (C=O) groups is 1. The summed E-state index contributed by atoms with van der Waals surface area (Å²) in [5.74, 6) is -0.448. The number of nitrogens with one attached hydrogen (secondary N) is 2. The number of rotatable bonds is 7. The fraction of sp³-hybridized carbons (Fsp3) is 0.227. The minimum atomic E-state index is -4.56. The number of halogens is 4. The molecular weight excluding hydrogens is 505 g/mol. The highest BCUT2D eigenvalue weighted by atomic mass is 35.5. The quantitative estimate of drug-likeness (QED) is 0.230. The third kappa shape index (κ3) is 5.24. The maximum Gasteiger partial charge on any atom is 0.416 e. The summed E-state index contributed by atoms with van der Waals surface area (Å²) in [5, 5.41) is 25.6. The van der Waals surface area contributed by atoms with Gasteiger partial charge < -0.3 is 15.4 Å². The molecule has 3 aromatic rings. The zero-order valence-corrected chi connectivity index (χ0v) is 19.4. The Hall–Kier alpha value is -3.22. The van der Waals surface area contributed by atoms with Crippen LogP contribution in [-0.4, -0.2) is 50.1 Å². The topological polar surface area (TPSA) is 118 Å². The van der Waals surface area contributed by atoms with E-state index in [2.05, 4.69) is 10.2 Å². The summed E-state index contributed by atoms with van der Waals surface area (Å²) in [4.78, 5) is 14.1. The number of hydrogen-bond acceptors (Lipinski definition) is 7. The van der Waals surface area contributed by atoms with Gasteiger partial charge in [0.15, 0.2) is 5.56 Å². The normalized spacial score (nSPS) is 18.4. The van der Waals surface area contributed by atoms with Gasteiger partial charge in [-0.05, 0) is 41.5 Å². The SMILES string of the molecule is N=CC(CN1C(=O)C(=Cc2ccc3c(cnn3Cc3ccc(Cl)cc3C(F)(F)F)c2)SC1O)N=N. The van der Waals surface area contributed by atoms with Gasteiger partial charge in [-0.25, -0.2) is 5.53 Å². The predicted octanol–water partition coefficient (Wildman–Crippen LogP) is 5.00. The van der Waals surface area contributed by atoms with Crippen LogP contribution in [0.3, 0.4) is 0 Å². The molecule has 1 aliphatic heterocycles. The average molecular weight is 523 g/mol. The van der Waals surface area contributed by atoms with Crippen molar-refractivity contribution in [2.75, 3.05) is 6.54 Å². The van der Waals surface area contributed by atoms with E-state index in [9.17, 15) is 23.1 Å². The number of amides is 1. The fourth-order valence-electron chi connectivity index (χ4n) is 3.66. The van der Waals surface area contributed by atoms with E-state index >= 15 is 0 Å². The van der Waals surface area contributed by atoms with Crippen LogP contribution in [0.4, 0.5) is 13.2 Å². The Labute approximate surface area is 206 Å². The van der Waals surface area contributed by atoms with Crippen LogP contribution < -0.4 is 0 Å². The lowest BCUT2D eigenvalue weighted by atomic mass is 10.1. The van der Waals surface area contributed by atoms with Crippen LogP contribution in [0.15, 0.2) is 52.6 Å². The van der Waals surface area contributed by atoms with Gasteiger partial charge in [0, 0.05) is 16.6 Å². The van der Waals surface area contributed by atoms with Crippen LogP contribution in [0, 0.1) is 10.9 Å². The van der Waals surface area contributed by atoms with Crippen LogP contribution in [0.2, 0.25) is 5.02 Å². The molecular formula is C22H18ClF3N6O2S. The summed E-state index contributed by atoms with van der Waals surface area (Å²) in [6.07, 6.45) is -0.520. The maximum absolute atomic E-state index is 13.4. The summed E-state index contributed by atoms with van der Waals surface area (Å²) in [6, 6.07) is 7.91. The molecule has 1 aromatic heterocycles. The first-order chi connectivity index (χ1) is 16.6. The Bertz CT molecular complexity index is 1330. The highest BCUT2D eigenvalue weighted by molar-refractivity contribution is 8.05. The monoisotopic (exact) mass is 522 g/mol. The van der Waals surface area contributed by atoms with Gasteiger partial charge in [-0.2, -0.15) is 23.4 Å². The van der Waals surface area contributed by atoms with Gasteiger partial charge in [0.1, 0.15) is 6.04 Å². The van der Waals surface area contributed by atoms with E-state index in [4.69, 9.17) is 22.5 Å². The number of hydrogen-bond donors (Lipinski definition) is 3. The third-order valence-electron chi connectivity index (χ3n) is 5.37. The molecule has 1 saturated heterocycles. The summed E-state index contributed by atoms with van der Waals surface area (Å²) < 4.78 is 41.8. The molecule has 0 radical (unpaired) electrons. The van der Waals surface area contributed by atoms with Gasteiger partial charge >= 0.3 is 6.18 Å². The Morgan fingerprint density at radius 2 is 2.06 bits per heavy atom. The standard InChI is InChI=1S/C22H18ClF3N6O2S/c23-15-3-2-13(17(7-15)22(24,25)26)10-32-18-4-1-12(5-14(18)9-29-32)6-19-20(33)31(21(34)35-19)11-16(8-27)30-28/h1-9,16,21,27-28,34H,10-11H2. The number of nitrogens with zero attached hydrogens (tertiary/aromatic N) is 4. The fourth-order valence-corrected chi connectivity index (χ4v) is 4.79. The number of alkyl halides is 3. The molecule has 182 valence electrons. The molecule has 0 bridgehead atoms. The largest absolute Gasteiger partial charge is 0.416 e. The first-order valence-corrected chi connectivity index (χ1v) is 11.4. The van der Waals surface area contributed by atoms with E-state index < -0.39 is 29.2 Å². The molecule has 2 unspecified atom stereocenters. The Balaban J connectivity index is 1.59. The average Bonchev–Trinajstić information content (AvgIpc) is 3.32. The molecule has 1 aliphatic rings. The van der Waals surface area contributed by atoms with Crippen molar-refractivity contribution in [3.8, 4) is 0 Å². The van der Waals surface area contributed by atoms with E-state index in [-0.39, 0.29) is 28.6 Å². The Morgan fingerprint density at radius 3 is 2.74 bits per heavy atom. The molecule has 0 saturated carbocycles. The zero-order chi connectivity index (χ0) is 25.3. The molecule has 3 N–H and O–H groups in total. The van der Waals surface area contributed by atoms with Crippen LogP contribution >= 0.6 is 23.4 Å². The summed E-state index contributed by atoms with van der Waals surface area (Å²) in [5.41, 5.74) is 6.34. The number of benzene rings is 2. The summed E-state index contributed by atoms with van der Waals surface area (Å²) in [6.45, 7) is -0.200. The lowest BCUT2D eigenvalue weighted by molar-refractivity contribution is -0.138. The van der Waals surface area contributed by atoms with E-state index in [1.807, 2.05) is 0 Å². The van der Waals surface area contributed by atoms with Gasteiger partial charge in [-0.3, -0.25) is 9.48 Å². The molecule has 2 heterocycles. The van der Waals surface area contributed by atoms with E-state index in [1.54, 1.807) is 24.3 Å². The van der Waals surface area contributed by atoms with Crippen LogP contribution in [0.5, 0.6) is 0 Å². The number of aliphatic hydroxyl groups is 1. The van der Waals surface area contributed by atoms with Gasteiger partial charge in [0.25, 0.3) is 5.91 Å². The molecule has 0 aliphatic carbocycles. The number of fused-ring (bicyclic) bond motifs is 1.